The van der Waals surface area contributed by atoms with Crippen molar-refractivity contribution in [3.05, 3.63) is 24.3 Å². The zero-order valence-corrected chi connectivity index (χ0v) is 11.9. The van der Waals surface area contributed by atoms with Crippen LogP contribution in [0.4, 0.5) is 0 Å². The maximum atomic E-state index is 11.5. The third-order valence-corrected chi connectivity index (χ3v) is 2.54. The second kappa shape index (κ2) is 7.66. The number of halogens is 1. The summed E-state index contributed by atoms with van der Waals surface area (Å²) in [5, 5.41) is 6.54. The summed E-state index contributed by atoms with van der Waals surface area (Å²) in [5.41, 5.74) is 5.42. The van der Waals surface area contributed by atoms with Crippen LogP contribution >= 0.6 is 12.4 Å². The summed E-state index contributed by atoms with van der Waals surface area (Å²) in [6.45, 7) is 2.26. The van der Waals surface area contributed by atoms with Crippen molar-refractivity contribution in [2.75, 3.05) is 6.54 Å². The lowest BCUT2D eigenvalue weighted by molar-refractivity contribution is -0.121. The Hall–Kier alpha value is -1.86. The van der Waals surface area contributed by atoms with E-state index in [0.717, 1.165) is 0 Å². The molecular formula is C12H17ClN4O3. The molecule has 20 heavy (non-hydrogen) atoms. The highest BCUT2D eigenvalue weighted by molar-refractivity contribution is 5.85. The number of nitrogens with two attached hydrogens (primary N) is 1. The third kappa shape index (κ3) is 4.36. The van der Waals surface area contributed by atoms with Crippen LogP contribution in [0.2, 0.25) is 0 Å². The van der Waals surface area contributed by atoms with Gasteiger partial charge in [0, 0.05) is 25.4 Å². The monoisotopic (exact) mass is 300 g/mol. The number of nitrogens with one attached hydrogen (secondary N) is 1. The van der Waals surface area contributed by atoms with E-state index in [1.165, 1.54) is 6.26 Å². The quantitative estimate of drug-likeness (QED) is 0.828. The van der Waals surface area contributed by atoms with E-state index in [4.69, 9.17) is 14.7 Å². The van der Waals surface area contributed by atoms with Gasteiger partial charge in [0.15, 0.2) is 5.76 Å². The Morgan fingerprint density at radius 2 is 2.35 bits per heavy atom. The van der Waals surface area contributed by atoms with E-state index in [0.29, 0.717) is 30.4 Å². The predicted molar refractivity (Wildman–Crippen MR) is 74.2 cm³/mol. The number of hydrogen-bond donors (Lipinski definition) is 2. The standard InChI is InChI=1S/C12H16N4O3.ClH/c1-8(7-13)14-10(17)4-5-11-15-12(16-19-11)9-3-2-6-18-9;/h2-3,6,8H,4-5,7,13H2,1H3,(H,14,17);1H/t8-;/m0./s1. The minimum Gasteiger partial charge on any atom is -0.461 e. The van der Waals surface area contributed by atoms with Gasteiger partial charge >= 0.3 is 0 Å². The zero-order valence-electron chi connectivity index (χ0n) is 11.0. The highest BCUT2D eigenvalue weighted by atomic mass is 35.5. The fraction of sp³-hybridized carbons (Fsp3) is 0.417. The average molecular weight is 301 g/mol. The summed E-state index contributed by atoms with van der Waals surface area (Å²) < 4.78 is 10.2. The summed E-state index contributed by atoms with van der Waals surface area (Å²) in [7, 11) is 0. The number of hydrogen-bond acceptors (Lipinski definition) is 6. The lowest BCUT2D eigenvalue weighted by atomic mass is 10.2. The van der Waals surface area contributed by atoms with E-state index in [1.54, 1.807) is 12.1 Å². The number of carbonyl (C=O) groups excluding carboxylic acids is 1. The number of aryl methyl sites for hydroxylation is 1. The lowest BCUT2D eigenvalue weighted by Crippen LogP contribution is -2.37. The Labute approximate surface area is 122 Å². The second-order valence-corrected chi connectivity index (χ2v) is 4.19. The molecular weight excluding hydrogens is 284 g/mol. The Kier molecular flexibility index (Phi) is 6.20. The first-order valence-corrected chi connectivity index (χ1v) is 6.05. The summed E-state index contributed by atoms with van der Waals surface area (Å²) in [5.74, 6) is 1.24. The topological polar surface area (TPSA) is 107 Å². The van der Waals surface area contributed by atoms with Gasteiger partial charge in [-0.25, -0.2) is 0 Å². The summed E-state index contributed by atoms with van der Waals surface area (Å²) in [6.07, 6.45) is 2.20. The molecule has 0 radical (unpaired) electrons. The first kappa shape index (κ1) is 16.2. The van der Waals surface area contributed by atoms with Gasteiger partial charge in [-0.15, -0.1) is 12.4 Å². The maximum Gasteiger partial charge on any atom is 0.238 e. The normalized spacial score (nSPS) is 11.7. The molecule has 0 aliphatic heterocycles. The van der Waals surface area contributed by atoms with Crippen LogP contribution < -0.4 is 11.1 Å². The first-order chi connectivity index (χ1) is 9.19. The molecule has 8 heteroatoms. The summed E-state index contributed by atoms with van der Waals surface area (Å²) >= 11 is 0. The molecule has 0 aromatic carbocycles. The van der Waals surface area contributed by atoms with Crippen molar-refractivity contribution in [1.29, 1.82) is 0 Å². The molecule has 7 nitrogen and oxygen atoms in total. The maximum absolute atomic E-state index is 11.5. The Morgan fingerprint density at radius 3 is 3.00 bits per heavy atom. The van der Waals surface area contributed by atoms with Gasteiger partial charge in [-0.2, -0.15) is 4.98 Å². The van der Waals surface area contributed by atoms with Crippen molar-refractivity contribution < 1.29 is 13.7 Å². The highest BCUT2D eigenvalue weighted by Gasteiger charge is 2.12. The molecule has 3 N–H and O–H groups in total. The minimum absolute atomic E-state index is 0. The third-order valence-electron chi connectivity index (χ3n) is 2.54. The van der Waals surface area contributed by atoms with Crippen LogP contribution in [0.15, 0.2) is 27.3 Å². The molecule has 0 unspecified atom stereocenters. The molecule has 1 amide bonds. The molecule has 2 rings (SSSR count). The predicted octanol–water partition coefficient (Wildman–Crippen LogP) is 1.15. The van der Waals surface area contributed by atoms with Gasteiger partial charge in [-0.3, -0.25) is 4.79 Å². The fourth-order valence-electron chi connectivity index (χ4n) is 1.49. The number of furan rings is 1. The number of nitrogens with zero attached hydrogens (tertiary/aromatic N) is 2. The molecule has 2 aromatic rings. The van der Waals surface area contributed by atoms with Crippen LogP contribution in [0.1, 0.15) is 19.2 Å². The van der Waals surface area contributed by atoms with Gasteiger partial charge in [0.1, 0.15) is 0 Å². The Morgan fingerprint density at radius 1 is 1.55 bits per heavy atom. The minimum atomic E-state index is -0.0873. The lowest BCUT2D eigenvalue weighted by Gasteiger charge is -2.09. The number of amides is 1. The van der Waals surface area contributed by atoms with Crippen molar-refractivity contribution in [1.82, 2.24) is 15.5 Å². The Balaban J connectivity index is 0.00000200. The molecule has 0 fully saturated rings. The molecule has 0 aliphatic carbocycles. The largest absolute Gasteiger partial charge is 0.461 e. The van der Waals surface area contributed by atoms with Crippen molar-refractivity contribution in [2.45, 2.75) is 25.8 Å². The highest BCUT2D eigenvalue weighted by Crippen LogP contribution is 2.16. The van der Waals surface area contributed by atoms with Crippen molar-refractivity contribution in [2.24, 2.45) is 5.73 Å². The van der Waals surface area contributed by atoms with Gasteiger partial charge < -0.3 is 20.0 Å². The summed E-state index contributed by atoms with van der Waals surface area (Å²) in [4.78, 5) is 15.7. The number of aromatic nitrogens is 2. The SMILES string of the molecule is C[C@@H](CN)NC(=O)CCc1nc(-c2ccco2)no1.Cl. The molecule has 2 aromatic heterocycles. The van der Waals surface area contributed by atoms with E-state index in [9.17, 15) is 4.79 Å². The van der Waals surface area contributed by atoms with Crippen LogP contribution in [0.25, 0.3) is 11.6 Å². The molecule has 110 valence electrons. The molecule has 0 saturated carbocycles. The van der Waals surface area contributed by atoms with Crippen LogP contribution in [0.5, 0.6) is 0 Å². The first-order valence-electron chi connectivity index (χ1n) is 6.05. The van der Waals surface area contributed by atoms with Crippen LogP contribution in [0.3, 0.4) is 0 Å². The van der Waals surface area contributed by atoms with Crippen LogP contribution in [-0.4, -0.2) is 28.6 Å². The van der Waals surface area contributed by atoms with Gasteiger partial charge in [0.2, 0.25) is 17.6 Å². The van der Waals surface area contributed by atoms with E-state index in [-0.39, 0.29) is 30.8 Å². The van der Waals surface area contributed by atoms with Gasteiger partial charge in [-0.1, -0.05) is 5.16 Å². The van der Waals surface area contributed by atoms with Gasteiger partial charge in [0.05, 0.1) is 6.26 Å². The molecule has 2 heterocycles. The number of carbonyl (C=O) groups is 1. The molecule has 0 bridgehead atoms. The van der Waals surface area contributed by atoms with E-state index >= 15 is 0 Å². The van der Waals surface area contributed by atoms with Crippen LogP contribution in [0, 0.1) is 0 Å². The van der Waals surface area contributed by atoms with Gasteiger partial charge in [-0.05, 0) is 19.1 Å². The fourth-order valence-corrected chi connectivity index (χ4v) is 1.49. The van der Waals surface area contributed by atoms with E-state index in [1.807, 2.05) is 6.92 Å². The number of rotatable bonds is 6. The molecule has 0 aliphatic rings. The molecule has 0 saturated heterocycles. The van der Waals surface area contributed by atoms with E-state index < -0.39 is 0 Å². The van der Waals surface area contributed by atoms with Crippen molar-refractivity contribution >= 4 is 18.3 Å². The second-order valence-electron chi connectivity index (χ2n) is 4.19. The van der Waals surface area contributed by atoms with E-state index in [2.05, 4.69) is 15.5 Å². The molecule has 1 atom stereocenters. The van der Waals surface area contributed by atoms with Crippen molar-refractivity contribution in [3.8, 4) is 11.6 Å². The smallest absolute Gasteiger partial charge is 0.238 e. The Bertz CT molecular complexity index is 527. The zero-order chi connectivity index (χ0) is 13.7. The average Bonchev–Trinajstić information content (AvgIpc) is 3.06. The van der Waals surface area contributed by atoms with Gasteiger partial charge in [0.25, 0.3) is 0 Å². The molecule has 0 spiro atoms. The van der Waals surface area contributed by atoms with Crippen LogP contribution in [-0.2, 0) is 11.2 Å². The summed E-state index contributed by atoms with van der Waals surface area (Å²) in [6, 6.07) is 3.45. The van der Waals surface area contributed by atoms with Crippen molar-refractivity contribution in [3.63, 3.8) is 0 Å².